The number of aryl methyl sites for hydroxylation is 1. The van der Waals surface area contributed by atoms with Gasteiger partial charge in [-0.3, -0.25) is 0 Å². The molecule has 12 nitrogen and oxygen atoms in total. The predicted octanol–water partition coefficient (Wildman–Crippen LogP) is 3.39. The van der Waals surface area contributed by atoms with E-state index in [1.54, 1.807) is 5.06 Å². The number of piperidine rings is 1. The summed E-state index contributed by atoms with van der Waals surface area (Å²) in [7, 11) is -11.5. The van der Waals surface area contributed by atoms with Gasteiger partial charge < -0.3 is 4.13 Å². The van der Waals surface area contributed by atoms with Crippen LogP contribution in [0.2, 0.25) is 0 Å². The molecule has 0 unspecified atom stereocenters. The van der Waals surface area contributed by atoms with Crippen LogP contribution in [0.1, 0.15) is 47.0 Å². The summed E-state index contributed by atoms with van der Waals surface area (Å²) in [5.74, 6) is 0. The van der Waals surface area contributed by atoms with Crippen LogP contribution in [0.4, 0.5) is 26.3 Å². The molecule has 3 heterocycles. The average molecular weight is 615 g/mol. The fourth-order valence-electron chi connectivity index (χ4n) is 3.61. The maximum absolute atomic E-state index is 11.4. The number of hydrogen-bond donors (Lipinski definition) is 0. The topological polar surface area (TPSA) is 119 Å². The minimum atomic E-state index is -6.72. The van der Waals surface area contributed by atoms with Crippen molar-refractivity contribution in [1.29, 1.82) is 0 Å². The highest BCUT2D eigenvalue weighted by Gasteiger charge is 2.47. The van der Waals surface area contributed by atoms with Crippen LogP contribution in [0.5, 0.6) is 0 Å². The van der Waals surface area contributed by atoms with E-state index < -0.39 is 31.1 Å². The molecule has 0 spiro atoms. The standard InChI is InChI=1S/C17H28N5O2.C2F6NO4S2/c1-16(2)7-6-8-17(3,4)22(16)24-23-21-13-11-19(12-14-21)20-10-9-18(5)15-20;3-1(4,5)14(10,11)9-15(12,13)2(6,7)8/h9-15H,6-8H2,1-5H3;/q+1;-1. The molecule has 0 aliphatic carbocycles. The molecule has 224 valence electrons. The third-order valence-corrected chi connectivity index (χ3v) is 8.15. The van der Waals surface area contributed by atoms with Gasteiger partial charge in [-0.1, -0.05) is 4.99 Å². The molecule has 2 aliphatic heterocycles. The molecule has 0 N–H and O–H groups in total. The highest BCUT2D eigenvalue weighted by molar-refractivity contribution is 8.13. The maximum atomic E-state index is 11.4. The lowest BCUT2D eigenvalue weighted by atomic mass is 9.82. The Bertz CT molecular complexity index is 1200. The number of alkyl halides is 6. The van der Waals surface area contributed by atoms with Crippen LogP contribution in [0.15, 0.2) is 43.5 Å². The van der Waals surface area contributed by atoms with Crippen molar-refractivity contribution >= 4 is 20.0 Å². The Balaban J connectivity index is 0.000000309. The zero-order valence-electron chi connectivity index (χ0n) is 21.4. The van der Waals surface area contributed by atoms with Gasteiger partial charge in [-0.25, -0.2) is 26.5 Å². The van der Waals surface area contributed by atoms with Crippen molar-refractivity contribution in [3.8, 4) is 0 Å². The number of hydroxylamine groups is 4. The molecule has 0 radical (unpaired) electrons. The number of sulfonamides is 2. The normalized spacial score (nSPS) is 20.1. The first-order valence-electron chi connectivity index (χ1n) is 11.0. The van der Waals surface area contributed by atoms with Gasteiger partial charge in [0.25, 0.3) is 6.33 Å². The summed E-state index contributed by atoms with van der Waals surface area (Å²) in [5, 5.41) is 5.47. The first-order valence-corrected chi connectivity index (χ1v) is 13.9. The van der Waals surface area contributed by atoms with Crippen molar-refractivity contribution in [2.24, 2.45) is 7.05 Å². The number of hydrogen-bond acceptors (Lipinski definition) is 9. The van der Waals surface area contributed by atoms with Crippen LogP contribution >= 0.6 is 0 Å². The zero-order chi connectivity index (χ0) is 30.1. The maximum Gasteiger partial charge on any atom is 0.480 e. The van der Waals surface area contributed by atoms with E-state index in [-0.39, 0.29) is 11.1 Å². The van der Waals surface area contributed by atoms with Gasteiger partial charge in [-0.2, -0.15) is 31.4 Å². The summed E-state index contributed by atoms with van der Waals surface area (Å²) >= 11 is 0. The van der Waals surface area contributed by atoms with E-state index in [1.807, 2.05) is 69.9 Å². The van der Waals surface area contributed by atoms with Crippen LogP contribution in [-0.2, 0) is 37.1 Å². The SMILES string of the molecule is C[n+]1ccn(N2C=CN(OON3C(C)(C)CCCC3(C)C)C=C2)c1.O=S(=O)([N-]S(=O)(=O)C(F)(F)F)C(F)(F)F. The summed E-state index contributed by atoms with van der Waals surface area (Å²) in [4.78, 5) is 11.3. The van der Waals surface area contributed by atoms with Crippen LogP contribution in [0.25, 0.3) is 4.13 Å². The van der Waals surface area contributed by atoms with Crippen molar-refractivity contribution in [3.05, 3.63) is 47.6 Å². The number of rotatable bonds is 6. The fourth-order valence-corrected chi connectivity index (χ4v) is 5.32. The molecule has 1 fully saturated rings. The van der Waals surface area contributed by atoms with Crippen molar-refractivity contribution in [2.45, 2.75) is 69.1 Å². The Morgan fingerprint density at radius 3 is 1.67 bits per heavy atom. The summed E-state index contributed by atoms with van der Waals surface area (Å²) in [6.45, 7) is 8.75. The second kappa shape index (κ2) is 11.2. The first-order chi connectivity index (χ1) is 17.5. The third kappa shape index (κ3) is 8.30. The molecule has 1 aromatic heterocycles. The molecule has 0 bridgehead atoms. The van der Waals surface area contributed by atoms with Gasteiger partial charge in [-0.15, -0.1) is 14.7 Å². The molecular weight excluding hydrogens is 586 g/mol. The molecule has 1 saturated heterocycles. The van der Waals surface area contributed by atoms with Crippen molar-refractivity contribution < 1.29 is 57.7 Å². The zero-order valence-corrected chi connectivity index (χ0v) is 23.0. The van der Waals surface area contributed by atoms with E-state index >= 15 is 0 Å². The number of imidazole rings is 1. The Hall–Kier alpha value is -2.39. The Morgan fingerprint density at radius 2 is 1.28 bits per heavy atom. The summed E-state index contributed by atoms with van der Waals surface area (Å²) in [6.07, 6.45) is 16.7. The van der Waals surface area contributed by atoms with Gasteiger partial charge >= 0.3 is 11.0 Å². The van der Waals surface area contributed by atoms with Gasteiger partial charge in [0.05, 0.1) is 31.8 Å². The molecule has 20 heteroatoms. The quantitative estimate of drug-likeness (QED) is 0.206. The molecule has 1 aromatic rings. The molecule has 2 aliphatic rings. The highest BCUT2D eigenvalue weighted by Crippen LogP contribution is 2.39. The van der Waals surface area contributed by atoms with Gasteiger partial charge in [0.15, 0.2) is 26.2 Å². The summed E-state index contributed by atoms with van der Waals surface area (Å²) in [5.41, 5.74) is -12.5. The van der Waals surface area contributed by atoms with Crippen LogP contribution in [-0.4, -0.2) is 53.7 Å². The lowest BCUT2D eigenvalue weighted by Gasteiger charge is -2.49. The van der Waals surface area contributed by atoms with Crippen LogP contribution < -0.4 is 9.58 Å². The predicted molar refractivity (Wildman–Crippen MR) is 123 cm³/mol. The second-order valence-corrected chi connectivity index (χ2v) is 13.1. The number of halogens is 6. The van der Waals surface area contributed by atoms with Gasteiger partial charge in [-0.05, 0) is 47.0 Å². The van der Waals surface area contributed by atoms with Crippen molar-refractivity contribution in [1.82, 2.24) is 14.8 Å². The summed E-state index contributed by atoms with van der Waals surface area (Å²) < 4.78 is 113. The average Bonchev–Trinajstić information content (AvgIpc) is 3.17. The number of aromatic nitrogens is 2. The molecule has 39 heavy (non-hydrogen) atoms. The smallest absolute Gasteiger partial charge is 0.421 e. The Kier molecular flexibility index (Phi) is 9.46. The van der Waals surface area contributed by atoms with Gasteiger partial charge in [0.2, 0.25) is 0 Å². The highest BCUT2D eigenvalue weighted by atomic mass is 32.3. The first kappa shape index (κ1) is 32.8. The van der Waals surface area contributed by atoms with E-state index in [4.69, 9.17) is 9.98 Å². The van der Waals surface area contributed by atoms with Gasteiger partial charge in [0, 0.05) is 11.1 Å². The lowest BCUT2D eigenvalue weighted by molar-refractivity contribution is -0.671. The molecule has 0 amide bonds. The van der Waals surface area contributed by atoms with E-state index in [9.17, 15) is 43.2 Å². The van der Waals surface area contributed by atoms with E-state index in [0.29, 0.717) is 0 Å². The molecule has 0 atom stereocenters. The monoisotopic (exact) mass is 614 g/mol. The number of nitrogens with zero attached hydrogens (tertiary/aromatic N) is 6. The molecular formula is C19H28F6N6O6S2. The molecule has 0 aromatic carbocycles. The Labute approximate surface area is 221 Å². The summed E-state index contributed by atoms with van der Waals surface area (Å²) in [6, 6.07) is 0. The van der Waals surface area contributed by atoms with E-state index in [1.165, 1.54) is 6.42 Å². The van der Waals surface area contributed by atoms with E-state index in [2.05, 4.69) is 27.7 Å². The van der Waals surface area contributed by atoms with Gasteiger partial charge in [0.1, 0.15) is 6.20 Å². The van der Waals surface area contributed by atoms with E-state index in [0.717, 1.165) is 17.0 Å². The van der Waals surface area contributed by atoms with Crippen LogP contribution in [0.3, 0.4) is 0 Å². The lowest BCUT2D eigenvalue weighted by Crippen LogP contribution is -2.58. The van der Waals surface area contributed by atoms with Crippen LogP contribution in [0, 0.1) is 0 Å². The second-order valence-electron chi connectivity index (χ2n) is 9.63. The Morgan fingerprint density at radius 1 is 0.821 bits per heavy atom. The molecule has 0 saturated carbocycles. The fraction of sp³-hybridized carbons (Fsp3) is 0.632. The minimum absolute atomic E-state index is 0.0586. The molecule has 3 rings (SSSR count). The minimum Gasteiger partial charge on any atom is -0.421 e. The third-order valence-electron chi connectivity index (χ3n) is 5.41. The largest absolute Gasteiger partial charge is 0.480 e. The van der Waals surface area contributed by atoms with Crippen molar-refractivity contribution in [3.63, 3.8) is 0 Å². The van der Waals surface area contributed by atoms with Crippen molar-refractivity contribution in [2.75, 3.05) is 5.01 Å².